The standard InChI is InChI=1S/C17H24.C2H6/c1-13-7-9-17(10-8-13)11-14(2)16-6-4-3-5-15(16)12-17;1-2/h3-6,13-14H,7-12H2,1-2H3;1-2H3. The van der Waals surface area contributed by atoms with Crippen molar-refractivity contribution in [3.05, 3.63) is 35.4 Å². The van der Waals surface area contributed by atoms with Crippen LogP contribution in [0.4, 0.5) is 0 Å². The van der Waals surface area contributed by atoms with Crippen molar-refractivity contribution in [3.63, 3.8) is 0 Å². The Morgan fingerprint density at radius 1 is 1.00 bits per heavy atom. The molecule has 0 heterocycles. The molecule has 0 saturated heterocycles. The lowest BCUT2D eigenvalue weighted by Crippen LogP contribution is -2.34. The van der Waals surface area contributed by atoms with Gasteiger partial charge >= 0.3 is 0 Å². The van der Waals surface area contributed by atoms with E-state index in [1.165, 1.54) is 38.5 Å². The molecule has 1 saturated carbocycles. The van der Waals surface area contributed by atoms with E-state index in [2.05, 4.69) is 38.1 Å². The quantitative estimate of drug-likeness (QED) is 0.538. The van der Waals surface area contributed by atoms with Crippen molar-refractivity contribution in [2.24, 2.45) is 11.3 Å². The third-order valence-corrected chi connectivity index (χ3v) is 5.23. The molecule has 0 bridgehead atoms. The van der Waals surface area contributed by atoms with E-state index in [-0.39, 0.29) is 0 Å². The van der Waals surface area contributed by atoms with E-state index in [9.17, 15) is 0 Å². The first kappa shape index (κ1) is 14.6. The highest BCUT2D eigenvalue weighted by Gasteiger charge is 2.39. The highest BCUT2D eigenvalue weighted by Crippen LogP contribution is 2.51. The van der Waals surface area contributed by atoms with E-state index in [4.69, 9.17) is 0 Å². The van der Waals surface area contributed by atoms with Crippen molar-refractivity contribution in [1.29, 1.82) is 0 Å². The fraction of sp³-hybridized carbons (Fsp3) is 0.684. The zero-order chi connectivity index (χ0) is 13.9. The van der Waals surface area contributed by atoms with Gasteiger partial charge in [0.05, 0.1) is 0 Å². The van der Waals surface area contributed by atoms with Crippen LogP contribution in [0.15, 0.2) is 24.3 Å². The number of rotatable bonds is 0. The second kappa shape index (κ2) is 6.11. The Morgan fingerprint density at radius 3 is 2.32 bits per heavy atom. The molecule has 0 N–H and O–H groups in total. The summed E-state index contributed by atoms with van der Waals surface area (Å²) in [4.78, 5) is 0. The van der Waals surface area contributed by atoms with Gasteiger partial charge in [0.15, 0.2) is 0 Å². The lowest BCUT2D eigenvalue weighted by molar-refractivity contribution is 0.123. The summed E-state index contributed by atoms with van der Waals surface area (Å²) >= 11 is 0. The van der Waals surface area contributed by atoms with Crippen LogP contribution in [0.5, 0.6) is 0 Å². The molecule has 19 heavy (non-hydrogen) atoms. The van der Waals surface area contributed by atoms with E-state index in [1.54, 1.807) is 11.1 Å². The Kier molecular flexibility index (Phi) is 4.71. The molecule has 0 aliphatic heterocycles. The highest BCUT2D eigenvalue weighted by molar-refractivity contribution is 5.34. The molecule has 1 aromatic carbocycles. The Bertz CT molecular complexity index is 396. The van der Waals surface area contributed by atoms with Gasteiger partial charge in [0, 0.05) is 0 Å². The lowest BCUT2D eigenvalue weighted by atomic mass is 9.60. The maximum atomic E-state index is 2.43. The molecule has 1 atom stereocenters. The summed E-state index contributed by atoms with van der Waals surface area (Å²) in [6.07, 6.45) is 8.61. The van der Waals surface area contributed by atoms with E-state index in [1.807, 2.05) is 13.8 Å². The molecular weight excluding hydrogens is 228 g/mol. The molecule has 1 unspecified atom stereocenters. The predicted octanol–water partition coefficient (Wildman–Crippen LogP) is 5.96. The highest BCUT2D eigenvalue weighted by atomic mass is 14.4. The zero-order valence-electron chi connectivity index (χ0n) is 13.2. The van der Waals surface area contributed by atoms with E-state index < -0.39 is 0 Å². The lowest BCUT2D eigenvalue weighted by Gasteiger charge is -2.45. The minimum absolute atomic E-state index is 0.653. The van der Waals surface area contributed by atoms with Gasteiger partial charge in [0.2, 0.25) is 0 Å². The Morgan fingerprint density at radius 2 is 1.63 bits per heavy atom. The predicted molar refractivity (Wildman–Crippen MR) is 84.6 cm³/mol. The molecule has 1 spiro atoms. The van der Waals surface area contributed by atoms with Crippen LogP contribution in [0, 0.1) is 11.3 Å². The molecule has 1 fully saturated rings. The smallest absolute Gasteiger partial charge is 0.0182 e. The van der Waals surface area contributed by atoms with Gasteiger partial charge in [-0.3, -0.25) is 0 Å². The number of benzene rings is 1. The maximum absolute atomic E-state index is 2.43. The Balaban J connectivity index is 0.000000637. The van der Waals surface area contributed by atoms with Gasteiger partial charge in [-0.2, -0.15) is 0 Å². The average molecular weight is 258 g/mol. The molecule has 2 aliphatic carbocycles. The molecule has 0 aromatic heterocycles. The first-order valence-electron chi connectivity index (χ1n) is 8.26. The summed E-state index contributed by atoms with van der Waals surface area (Å²) in [5.74, 6) is 1.74. The van der Waals surface area contributed by atoms with Gasteiger partial charge in [0.25, 0.3) is 0 Å². The summed E-state index contributed by atoms with van der Waals surface area (Å²) in [5, 5.41) is 0. The maximum Gasteiger partial charge on any atom is -0.0182 e. The molecule has 0 amide bonds. The molecule has 0 nitrogen and oxygen atoms in total. The van der Waals surface area contributed by atoms with Crippen molar-refractivity contribution in [2.45, 2.75) is 72.1 Å². The van der Waals surface area contributed by atoms with Gasteiger partial charge in [-0.25, -0.2) is 0 Å². The number of hydrogen-bond donors (Lipinski definition) is 0. The largest absolute Gasteiger partial charge is 0.0683 e. The van der Waals surface area contributed by atoms with Crippen LogP contribution in [0.1, 0.15) is 76.8 Å². The van der Waals surface area contributed by atoms with Crippen LogP contribution in [-0.2, 0) is 6.42 Å². The average Bonchev–Trinajstić information content (AvgIpc) is 2.45. The third kappa shape index (κ3) is 3.04. The summed E-state index contributed by atoms with van der Waals surface area (Å²) in [7, 11) is 0. The summed E-state index contributed by atoms with van der Waals surface area (Å²) in [5.41, 5.74) is 3.91. The third-order valence-electron chi connectivity index (χ3n) is 5.23. The fourth-order valence-corrected chi connectivity index (χ4v) is 4.17. The minimum Gasteiger partial charge on any atom is -0.0683 e. The molecule has 0 heteroatoms. The normalized spacial score (nSPS) is 33.3. The first-order chi connectivity index (χ1) is 9.19. The second-order valence-electron chi connectivity index (χ2n) is 6.66. The number of fused-ring (bicyclic) bond motifs is 1. The van der Waals surface area contributed by atoms with E-state index >= 15 is 0 Å². The monoisotopic (exact) mass is 258 g/mol. The molecule has 0 radical (unpaired) electrons. The summed E-state index contributed by atoms with van der Waals surface area (Å²) in [6, 6.07) is 9.13. The van der Waals surface area contributed by atoms with Crippen molar-refractivity contribution in [1.82, 2.24) is 0 Å². The van der Waals surface area contributed by atoms with Gasteiger partial charge in [0.1, 0.15) is 0 Å². The van der Waals surface area contributed by atoms with Crippen molar-refractivity contribution >= 4 is 0 Å². The molecule has 3 rings (SSSR count). The van der Waals surface area contributed by atoms with E-state index in [0.717, 1.165) is 11.8 Å². The molecule has 1 aromatic rings. The first-order valence-corrected chi connectivity index (χ1v) is 8.26. The van der Waals surface area contributed by atoms with Gasteiger partial charge in [-0.15, -0.1) is 0 Å². The molecular formula is C19H30. The molecule has 2 aliphatic rings. The van der Waals surface area contributed by atoms with Crippen LogP contribution in [0.25, 0.3) is 0 Å². The van der Waals surface area contributed by atoms with Crippen LogP contribution < -0.4 is 0 Å². The van der Waals surface area contributed by atoms with Gasteiger partial charge in [-0.1, -0.05) is 64.8 Å². The topological polar surface area (TPSA) is 0 Å². The minimum atomic E-state index is 0.653. The summed E-state index contributed by atoms with van der Waals surface area (Å²) in [6.45, 7) is 8.85. The second-order valence-corrected chi connectivity index (χ2v) is 6.66. The van der Waals surface area contributed by atoms with Crippen LogP contribution >= 0.6 is 0 Å². The zero-order valence-corrected chi connectivity index (χ0v) is 13.2. The van der Waals surface area contributed by atoms with Crippen molar-refractivity contribution in [2.75, 3.05) is 0 Å². The van der Waals surface area contributed by atoms with Gasteiger partial charge < -0.3 is 0 Å². The Labute approximate surface area is 119 Å². The summed E-state index contributed by atoms with van der Waals surface area (Å²) < 4.78 is 0. The number of hydrogen-bond acceptors (Lipinski definition) is 0. The molecule has 106 valence electrons. The van der Waals surface area contributed by atoms with Crippen LogP contribution in [0.3, 0.4) is 0 Å². The van der Waals surface area contributed by atoms with Crippen molar-refractivity contribution in [3.8, 4) is 0 Å². The fourth-order valence-electron chi connectivity index (χ4n) is 4.17. The van der Waals surface area contributed by atoms with Gasteiger partial charge in [-0.05, 0) is 54.1 Å². The van der Waals surface area contributed by atoms with Crippen LogP contribution in [0.2, 0.25) is 0 Å². The SMILES string of the molecule is CC.CC1CCC2(CC1)Cc1ccccc1C(C)C2. The van der Waals surface area contributed by atoms with E-state index in [0.29, 0.717) is 5.41 Å². The van der Waals surface area contributed by atoms with Crippen molar-refractivity contribution < 1.29 is 0 Å². The Hall–Kier alpha value is -0.780. The van der Waals surface area contributed by atoms with Crippen LogP contribution in [-0.4, -0.2) is 0 Å².